The van der Waals surface area contributed by atoms with Crippen LogP contribution in [0.3, 0.4) is 0 Å². The van der Waals surface area contributed by atoms with Gasteiger partial charge in [-0.2, -0.15) is 23.5 Å². The summed E-state index contributed by atoms with van der Waals surface area (Å²) in [4.78, 5) is 0. The zero-order chi connectivity index (χ0) is 11.1. The minimum atomic E-state index is 0.365. The van der Waals surface area contributed by atoms with Gasteiger partial charge in [0.25, 0.3) is 0 Å². The van der Waals surface area contributed by atoms with E-state index in [2.05, 4.69) is 30.0 Å². The Labute approximate surface area is 101 Å². The third-order valence-electron chi connectivity index (χ3n) is 2.70. The number of hydrogen-bond donors (Lipinski definition) is 2. The Morgan fingerprint density at radius 2 is 2.27 bits per heavy atom. The van der Waals surface area contributed by atoms with Gasteiger partial charge in [0, 0.05) is 34.5 Å². The molecule has 1 heterocycles. The zero-order valence-electron chi connectivity index (χ0n) is 9.24. The van der Waals surface area contributed by atoms with Crippen LogP contribution in [0.25, 0.3) is 0 Å². The Morgan fingerprint density at radius 3 is 2.87 bits per heavy atom. The molecule has 1 rings (SSSR count). The fraction of sp³-hybridized carbons (Fsp3) is 0.818. The zero-order valence-corrected chi connectivity index (χ0v) is 10.9. The van der Waals surface area contributed by atoms with E-state index in [1.165, 1.54) is 17.9 Å². The van der Waals surface area contributed by atoms with E-state index in [9.17, 15) is 0 Å². The van der Waals surface area contributed by atoms with Gasteiger partial charge in [-0.05, 0) is 12.8 Å². The van der Waals surface area contributed by atoms with Crippen molar-refractivity contribution in [2.24, 2.45) is 5.84 Å². The summed E-state index contributed by atoms with van der Waals surface area (Å²) in [5.74, 6) is 10.8. The Hall–Kier alpha value is 0.180. The number of rotatable bonds is 5. The smallest absolute Gasteiger partial charge is 0.0349 e. The van der Waals surface area contributed by atoms with Crippen molar-refractivity contribution in [2.45, 2.75) is 42.7 Å². The lowest BCUT2D eigenvalue weighted by atomic mass is 10.0. The number of hydrogen-bond acceptors (Lipinski definition) is 4. The molecule has 0 aromatic rings. The molecule has 0 aliphatic carbocycles. The summed E-state index contributed by atoms with van der Waals surface area (Å²) in [5.41, 5.74) is 2.94. The summed E-state index contributed by atoms with van der Waals surface area (Å²) in [6, 6.07) is 0.365. The number of thioether (sulfide) groups is 2. The van der Waals surface area contributed by atoms with Crippen LogP contribution >= 0.6 is 23.5 Å². The summed E-state index contributed by atoms with van der Waals surface area (Å²) in [6.07, 6.45) is 8.32. The standard InChI is InChI=1S/C11H20N2S2/c1-3-5-6-9(13-12)11-10(4-2)14-7-8-15-11/h1,9-11,13H,4-8,12H2,2H3. The summed E-state index contributed by atoms with van der Waals surface area (Å²) in [6.45, 7) is 2.26. The van der Waals surface area contributed by atoms with Crippen molar-refractivity contribution in [2.75, 3.05) is 11.5 Å². The van der Waals surface area contributed by atoms with Crippen LogP contribution in [0, 0.1) is 12.3 Å². The number of terminal acetylenes is 1. The molecule has 86 valence electrons. The maximum atomic E-state index is 5.62. The highest BCUT2D eigenvalue weighted by Gasteiger charge is 2.30. The molecular weight excluding hydrogens is 224 g/mol. The van der Waals surface area contributed by atoms with E-state index in [1.807, 2.05) is 11.8 Å². The van der Waals surface area contributed by atoms with Crippen LogP contribution in [-0.2, 0) is 0 Å². The van der Waals surface area contributed by atoms with Crippen molar-refractivity contribution in [3.8, 4) is 12.3 Å². The van der Waals surface area contributed by atoms with Crippen LogP contribution in [0.1, 0.15) is 26.2 Å². The van der Waals surface area contributed by atoms with Crippen molar-refractivity contribution in [3.05, 3.63) is 0 Å². The van der Waals surface area contributed by atoms with Gasteiger partial charge in [-0.3, -0.25) is 11.3 Å². The topological polar surface area (TPSA) is 38.0 Å². The lowest BCUT2D eigenvalue weighted by molar-refractivity contribution is 0.470. The van der Waals surface area contributed by atoms with Gasteiger partial charge < -0.3 is 0 Å². The second-order valence-corrected chi connectivity index (χ2v) is 6.30. The van der Waals surface area contributed by atoms with Crippen LogP contribution in [0.2, 0.25) is 0 Å². The van der Waals surface area contributed by atoms with E-state index < -0.39 is 0 Å². The molecule has 2 nitrogen and oxygen atoms in total. The molecule has 1 saturated heterocycles. The Kier molecular flexibility index (Phi) is 6.58. The first-order valence-corrected chi connectivity index (χ1v) is 7.56. The molecule has 0 aromatic carbocycles. The third kappa shape index (κ3) is 3.92. The minimum Gasteiger partial charge on any atom is -0.271 e. The number of nitrogens with one attached hydrogen (secondary N) is 1. The maximum absolute atomic E-state index is 5.62. The second-order valence-electron chi connectivity index (χ2n) is 3.67. The summed E-state index contributed by atoms with van der Waals surface area (Å²) in [5, 5.41) is 1.34. The normalized spacial score (nSPS) is 28.3. The van der Waals surface area contributed by atoms with Crippen LogP contribution in [0.15, 0.2) is 0 Å². The first-order chi connectivity index (χ1) is 7.33. The molecule has 0 amide bonds. The number of nitrogens with two attached hydrogens (primary N) is 1. The molecule has 0 bridgehead atoms. The van der Waals surface area contributed by atoms with Gasteiger partial charge in [-0.15, -0.1) is 12.3 Å². The molecule has 1 aliphatic heterocycles. The molecular formula is C11H20N2S2. The Balaban J connectivity index is 2.51. The second kappa shape index (κ2) is 7.45. The number of hydrazine groups is 1. The first kappa shape index (κ1) is 13.2. The van der Waals surface area contributed by atoms with E-state index in [1.54, 1.807) is 0 Å². The van der Waals surface area contributed by atoms with Crippen LogP contribution < -0.4 is 11.3 Å². The van der Waals surface area contributed by atoms with E-state index in [4.69, 9.17) is 12.3 Å². The highest BCUT2D eigenvalue weighted by molar-refractivity contribution is 8.07. The molecule has 0 radical (unpaired) electrons. The van der Waals surface area contributed by atoms with Gasteiger partial charge in [0.15, 0.2) is 0 Å². The lowest BCUT2D eigenvalue weighted by Crippen LogP contribution is -2.48. The average Bonchev–Trinajstić information content (AvgIpc) is 2.30. The van der Waals surface area contributed by atoms with Crippen LogP contribution in [0.4, 0.5) is 0 Å². The highest BCUT2D eigenvalue weighted by atomic mass is 32.2. The lowest BCUT2D eigenvalue weighted by Gasteiger charge is -2.35. The predicted octanol–water partition coefficient (Wildman–Crippen LogP) is 1.86. The van der Waals surface area contributed by atoms with Gasteiger partial charge >= 0.3 is 0 Å². The van der Waals surface area contributed by atoms with Gasteiger partial charge in [0.2, 0.25) is 0 Å². The highest BCUT2D eigenvalue weighted by Crippen LogP contribution is 2.35. The van der Waals surface area contributed by atoms with Crippen molar-refractivity contribution in [3.63, 3.8) is 0 Å². The largest absolute Gasteiger partial charge is 0.271 e. The SMILES string of the molecule is C#CCCC(NN)C1SCCSC1CC. The third-order valence-corrected chi connectivity index (χ3v) is 6.11. The monoisotopic (exact) mass is 244 g/mol. The van der Waals surface area contributed by atoms with E-state index in [-0.39, 0.29) is 0 Å². The minimum absolute atomic E-state index is 0.365. The van der Waals surface area contributed by atoms with Crippen molar-refractivity contribution < 1.29 is 0 Å². The Bertz CT molecular complexity index is 215. The van der Waals surface area contributed by atoms with Gasteiger partial charge in [-0.25, -0.2) is 0 Å². The van der Waals surface area contributed by atoms with E-state index in [0.29, 0.717) is 11.3 Å². The fourth-order valence-corrected chi connectivity index (χ4v) is 5.18. The molecule has 0 spiro atoms. The molecule has 3 atom stereocenters. The Morgan fingerprint density at radius 1 is 1.53 bits per heavy atom. The van der Waals surface area contributed by atoms with Crippen LogP contribution in [-0.4, -0.2) is 28.0 Å². The molecule has 4 heteroatoms. The average molecular weight is 244 g/mol. The molecule has 3 N–H and O–H groups in total. The van der Waals surface area contributed by atoms with E-state index >= 15 is 0 Å². The van der Waals surface area contributed by atoms with Gasteiger partial charge in [-0.1, -0.05) is 6.92 Å². The summed E-state index contributed by atoms with van der Waals surface area (Å²) >= 11 is 4.13. The van der Waals surface area contributed by atoms with Gasteiger partial charge in [0.1, 0.15) is 0 Å². The predicted molar refractivity (Wildman–Crippen MR) is 72.0 cm³/mol. The summed E-state index contributed by atoms with van der Waals surface area (Å²) < 4.78 is 0. The van der Waals surface area contributed by atoms with Crippen molar-refractivity contribution in [1.29, 1.82) is 0 Å². The van der Waals surface area contributed by atoms with Crippen molar-refractivity contribution in [1.82, 2.24) is 5.43 Å². The first-order valence-electron chi connectivity index (χ1n) is 5.46. The molecule has 1 aliphatic rings. The summed E-state index contributed by atoms with van der Waals surface area (Å²) in [7, 11) is 0. The van der Waals surface area contributed by atoms with Gasteiger partial charge in [0.05, 0.1) is 0 Å². The molecule has 0 saturated carbocycles. The molecule has 0 aromatic heterocycles. The molecule has 1 fully saturated rings. The van der Waals surface area contributed by atoms with Crippen LogP contribution in [0.5, 0.6) is 0 Å². The fourth-order valence-electron chi connectivity index (χ4n) is 1.89. The maximum Gasteiger partial charge on any atom is 0.0349 e. The van der Waals surface area contributed by atoms with Crippen molar-refractivity contribution >= 4 is 23.5 Å². The van der Waals surface area contributed by atoms with E-state index in [0.717, 1.165) is 18.1 Å². The quantitative estimate of drug-likeness (QED) is 0.440. The molecule has 3 unspecified atom stereocenters. The molecule has 15 heavy (non-hydrogen) atoms.